The Bertz CT molecular complexity index is 1740. The van der Waals surface area contributed by atoms with Gasteiger partial charge in [0.25, 0.3) is 0 Å². The molecule has 0 atom stereocenters. The molecule has 49 heavy (non-hydrogen) atoms. The number of carbonyl (C=O) groups excluding carboxylic acids is 4. The minimum Gasteiger partial charge on any atom is -0.545 e. The Morgan fingerprint density at radius 3 is 1.02 bits per heavy atom. The molecule has 0 saturated heterocycles. The van der Waals surface area contributed by atoms with Crippen LogP contribution >= 0.6 is 0 Å². The molecule has 6 aromatic rings. The second-order valence-corrected chi connectivity index (χ2v) is 9.26. The summed E-state index contributed by atoms with van der Waals surface area (Å²) in [6.07, 6.45) is 10.2. The molecule has 1 radical (unpaired) electrons. The van der Waals surface area contributed by atoms with Crippen LogP contribution in [0.4, 0.5) is 0 Å². The molecule has 0 saturated carbocycles. The molecule has 0 amide bonds. The van der Waals surface area contributed by atoms with E-state index in [4.69, 9.17) is 9.47 Å². The molecule has 0 unspecified atom stereocenters. The van der Waals surface area contributed by atoms with Gasteiger partial charge in [0.15, 0.2) is 0 Å². The first kappa shape index (κ1) is 38.9. The van der Waals surface area contributed by atoms with E-state index in [1.807, 2.05) is 0 Å². The molecular weight excluding hydrogens is 680 g/mol. The number of nitrogens with one attached hydrogen (secondary N) is 2. The van der Waals surface area contributed by atoms with Gasteiger partial charge in [-0.2, -0.15) is 0 Å². The van der Waals surface area contributed by atoms with Crippen LogP contribution in [0.5, 0.6) is 0 Å². The average Bonchev–Trinajstić information content (AvgIpc) is 3.92. The van der Waals surface area contributed by atoms with Gasteiger partial charge in [-0.3, -0.25) is 0 Å². The normalized spacial score (nSPS) is 9.35. The fourth-order valence-electron chi connectivity index (χ4n) is 4.23. The number of rotatable bonds is 6. The van der Waals surface area contributed by atoms with Crippen LogP contribution < -0.4 is 10.2 Å². The third-order valence-electron chi connectivity index (χ3n) is 6.35. The number of aromatic nitrogens is 4. The van der Waals surface area contributed by atoms with Crippen LogP contribution in [-0.4, -0.2) is 58.0 Å². The van der Waals surface area contributed by atoms with E-state index < -0.39 is 23.9 Å². The number of esters is 2. The predicted octanol–water partition coefficient (Wildman–Crippen LogP) is 3.82. The third kappa shape index (κ3) is 11.5. The zero-order chi connectivity index (χ0) is 34.7. The van der Waals surface area contributed by atoms with E-state index in [0.29, 0.717) is 33.4 Å². The number of carbonyl (C=O) groups is 4. The van der Waals surface area contributed by atoms with E-state index in [1.165, 1.54) is 26.4 Å². The summed E-state index contributed by atoms with van der Waals surface area (Å²) in [7, 11) is 2.56. The number of hydrogen-bond donors (Lipinski definition) is 2. The van der Waals surface area contributed by atoms with Gasteiger partial charge in [0.1, 0.15) is 0 Å². The molecule has 6 rings (SSSR count). The Labute approximate surface area is 292 Å². The second-order valence-electron chi connectivity index (χ2n) is 9.26. The molecule has 13 heteroatoms. The molecule has 0 aliphatic heterocycles. The Morgan fingerprint density at radius 2 is 0.796 bits per heavy atom. The summed E-state index contributed by atoms with van der Waals surface area (Å²) in [6, 6.07) is 26.1. The SMILES string of the molecule is COC(=O)c1ccccc1-c1ccccc1C(=O)[O-].COC(=O)c1ccccc1-c1ccccc1C(=O)[O-].[Cu+2].c1c[nH]cn1.c1c[nH]cn1. The summed E-state index contributed by atoms with van der Waals surface area (Å²) in [5.41, 5.74) is 2.60. The Balaban J connectivity index is 0.000000260. The molecule has 0 bridgehead atoms. The monoisotopic (exact) mass is 709 g/mol. The van der Waals surface area contributed by atoms with E-state index in [2.05, 4.69) is 19.9 Å². The molecular formula is C36H30CuN4O8. The van der Waals surface area contributed by atoms with E-state index in [1.54, 1.807) is 122 Å². The smallest absolute Gasteiger partial charge is 0.545 e. The number of nitrogens with zero attached hydrogens (tertiary/aromatic N) is 2. The largest absolute Gasteiger partial charge is 2.00 e. The van der Waals surface area contributed by atoms with Crippen molar-refractivity contribution >= 4 is 23.9 Å². The van der Waals surface area contributed by atoms with Crippen LogP contribution in [0.15, 0.2) is 135 Å². The number of benzene rings is 4. The molecule has 12 nitrogen and oxygen atoms in total. The number of ether oxygens (including phenoxy) is 2. The summed E-state index contributed by atoms with van der Waals surface area (Å²) < 4.78 is 9.39. The number of carboxylic acids is 2. The molecule has 2 aromatic heterocycles. The van der Waals surface area contributed by atoms with Crippen molar-refractivity contribution < 1.29 is 55.9 Å². The van der Waals surface area contributed by atoms with E-state index >= 15 is 0 Å². The summed E-state index contributed by atoms with van der Waals surface area (Å²) >= 11 is 0. The first-order valence-corrected chi connectivity index (χ1v) is 14.1. The van der Waals surface area contributed by atoms with Crippen molar-refractivity contribution in [1.29, 1.82) is 0 Å². The maximum atomic E-state index is 11.7. The number of carboxylic acid groups (broad SMARTS) is 2. The van der Waals surface area contributed by atoms with E-state index in [-0.39, 0.29) is 28.2 Å². The van der Waals surface area contributed by atoms with Crippen molar-refractivity contribution in [1.82, 2.24) is 19.9 Å². The fourth-order valence-corrected chi connectivity index (χ4v) is 4.23. The maximum Gasteiger partial charge on any atom is 2.00 e. The van der Waals surface area contributed by atoms with Crippen molar-refractivity contribution in [3.8, 4) is 22.3 Å². The standard InChI is InChI=1S/2C15H12O4.2C3H4N2.Cu/c2*1-19-15(18)13-9-5-3-7-11(13)10-6-2-4-8-12(10)14(16)17;2*1-2-5-3-4-1;/h2*2-9H,1H3,(H,16,17);2*1-3H,(H,4,5);/q;;;;+2/p-2. The third-order valence-corrected chi connectivity index (χ3v) is 6.35. The van der Waals surface area contributed by atoms with Gasteiger partial charge in [0.05, 0.1) is 49.9 Å². The number of methoxy groups -OCH3 is 2. The van der Waals surface area contributed by atoms with Gasteiger partial charge in [-0.15, -0.1) is 0 Å². The van der Waals surface area contributed by atoms with E-state index in [0.717, 1.165) is 0 Å². The number of imidazole rings is 2. The Hall–Kier alpha value is -6.30. The van der Waals surface area contributed by atoms with Crippen LogP contribution in [0.2, 0.25) is 0 Å². The van der Waals surface area contributed by atoms with Crippen LogP contribution in [0.3, 0.4) is 0 Å². The number of H-pyrrole nitrogens is 2. The molecule has 0 spiro atoms. The zero-order valence-corrected chi connectivity index (χ0v) is 27.1. The first-order chi connectivity index (χ1) is 23.3. The second kappa shape index (κ2) is 20.7. The molecule has 253 valence electrons. The predicted molar refractivity (Wildman–Crippen MR) is 172 cm³/mol. The van der Waals surface area contributed by atoms with Gasteiger partial charge < -0.3 is 39.2 Å². The summed E-state index contributed by atoms with van der Waals surface area (Å²) in [5, 5.41) is 22.2. The quantitative estimate of drug-likeness (QED) is 0.190. The Morgan fingerprint density at radius 1 is 0.510 bits per heavy atom. The summed E-state index contributed by atoms with van der Waals surface area (Å²) in [6.45, 7) is 0. The van der Waals surface area contributed by atoms with Gasteiger partial charge >= 0.3 is 29.0 Å². The molecule has 4 aromatic carbocycles. The van der Waals surface area contributed by atoms with Crippen LogP contribution in [0, 0.1) is 0 Å². The van der Waals surface area contributed by atoms with Crippen molar-refractivity contribution in [2.45, 2.75) is 0 Å². The van der Waals surface area contributed by atoms with Crippen molar-refractivity contribution in [3.63, 3.8) is 0 Å². The Kier molecular flexibility index (Phi) is 16.5. The molecule has 0 aliphatic rings. The van der Waals surface area contributed by atoms with Gasteiger partial charge in [-0.1, -0.05) is 84.9 Å². The van der Waals surface area contributed by atoms with Crippen LogP contribution in [0.1, 0.15) is 41.4 Å². The number of aromatic amines is 2. The minimum atomic E-state index is -1.28. The van der Waals surface area contributed by atoms with Crippen LogP contribution in [0.25, 0.3) is 22.3 Å². The van der Waals surface area contributed by atoms with Gasteiger partial charge in [-0.05, 0) is 34.4 Å². The topological polar surface area (TPSA) is 190 Å². The molecule has 2 N–H and O–H groups in total. The summed E-state index contributed by atoms with van der Waals surface area (Å²) in [4.78, 5) is 58.5. The van der Waals surface area contributed by atoms with Gasteiger partial charge in [-0.25, -0.2) is 19.6 Å². The van der Waals surface area contributed by atoms with Gasteiger partial charge in [0.2, 0.25) is 0 Å². The summed E-state index contributed by atoms with van der Waals surface area (Å²) in [5.74, 6) is -3.59. The van der Waals surface area contributed by atoms with Crippen molar-refractivity contribution in [2.24, 2.45) is 0 Å². The molecule has 0 aliphatic carbocycles. The molecule has 0 fully saturated rings. The number of aromatic carboxylic acids is 2. The van der Waals surface area contributed by atoms with Gasteiger partial charge in [0, 0.05) is 35.9 Å². The minimum absolute atomic E-state index is 0. The first-order valence-electron chi connectivity index (χ1n) is 14.1. The van der Waals surface area contributed by atoms with Crippen molar-refractivity contribution in [3.05, 3.63) is 157 Å². The average molecular weight is 710 g/mol. The van der Waals surface area contributed by atoms with E-state index in [9.17, 15) is 29.4 Å². The van der Waals surface area contributed by atoms with Crippen LogP contribution in [-0.2, 0) is 26.5 Å². The zero-order valence-electron chi connectivity index (χ0n) is 26.2. The fraction of sp³-hybridized carbons (Fsp3) is 0.0556. The van der Waals surface area contributed by atoms with Crippen molar-refractivity contribution in [2.75, 3.05) is 14.2 Å². The number of hydrogen-bond acceptors (Lipinski definition) is 10. The molecule has 2 heterocycles. The maximum absolute atomic E-state index is 11.7.